The number of carbonyl (C=O) groups is 1. The van der Waals surface area contributed by atoms with Crippen LogP contribution in [0.3, 0.4) is 0 Å². The van der Waals surface area contributed by atoms with Gasteiger partial charge in [0.2, 0.25) is 5.91 Å². The summed E-state index contributed by atoms with van der Waals surface area (Å²) in [5.41, 5.74) is 5.61. The van der Waals surface area contributed by atoms with E-state index in [0.29, 0.717) is 19.4 Å². The van der Waals surface area contributed by atoms with Gasteiger partial charge in [-0.25, -0.2) is 0 Å². The van der Waals surface area contributed by atoms with E-state index in [1.807, 2.05) is 48.5 Å². The lowest BCUT2D eigenvalue weighted by molar-refractivity contribution is -0.150. The average molecular weight is 446 g/mol. The normalized spacial score (nSPS) is 20.3. The zero-order valence-electron chi connectivity index (χ0n) is 19.2. The highest BCUT2D eigenvalue weighted by Crippen LogP contribution is 2.33. The van der Waals surface area contributed by atoms with Crippen LogP contribution >= 0.6 is 0 Å². The molecule has 5 heteroatoms. The SMILES string of the molecule is COc1ccc(Cc2cc(C3CC(O)CC(C(=O)NCc4ccccc4)O3)ccc2C)cc1. The van der Waals surface area contributed by atoms with E-state index >= 15 is 0 Å². The first kappa shape index (κ1) is 23.0. The zero-order chi connectivity index (χ0) is 23.2. The molecule has 5 nitrogen and oxygen atoms in total. The van der Waals surface area contributed by atoms with Crippen LogP contribution in [0.1, 0.15) is 46.8 Å². The molecule has 0 saturated carbocycles. The van der Waals surface area contributed by atoms with Crippen molar-refractivity contribution in [3.63, 3.8) is 0 Å². The van der Waals surface area contributed by atoms with Gasteiger partial charge in [0, 0.05) is 19.4 Å². The molecule has 3 unspecified atom stereocenters. The molecule has 2 N–H and O–H groups in total. The number of hydrogen-bond donors (Lipinski definition) is 2. The summed E-state index contributed by atoms with van der Waals surface area (Å²) >= 11 is 0. The van der Waals surface area contributed by atoms with Crippen LogP contribution in [0.15, 0.2) is 72.8 Å². The van der Waals surface area contributed by atoms with Gasteiger partial charge >= 0.3 is 0 Å². The summed E-state index contributed by atoms with van der Waals surface area (Å²) in [6, 6.07) is 24.1. The highest BCUT2D eigenvalue weighted by Gasteiger charge is 2.33. The van der Waals surface area contributed by atoms with Crippen LogP contribution in [0.4, 0.5) is 0 Å². The molecule has 0 bridgehead atoms. The highest BCUT2D eigenvalue weighted by molar-refractivity contribution is 5.81. The molecule has 33 heavy (non-hydrogen) atoms. The second-order valence-electron chi connectivity index (χ2n) is 8.65. The van der Waals surface area contributed by atoms with E-state index in [1.54, 1.807) is 7.11 Å². The second-order valence-corrected chi connectivity index (χ2v) is 8.65. The summed E-state index contributed by atoms with van der Waals surface area (Å²) < 4.78 is 11.4. The lowest BCUT2D eigenvalue weighted by Gasteiger charge is -2.33. The minimum absolute atomic E-state index is 0.187. The third-order valence-electron chi connectivity index (χ3n) is 6.20. The molecule has 0 aliphatic carbocycles. The maximum atomic E-state index is 12.8. The van der Waals surface area contributed by atoms with E-state index < -0.39 is 12.2 Å². The van der Waals surface area contributed by atoms with E-state index in [1.165, 1.54) is 16.7 Å². The highest BCUT2D eigenvalue weighted by atomic mass is 16.5. The number of hydrogen-bond acceptors (Lipinski definition) is 4. The lowest BCUT2D eigenvalue weighted by Crippen LogP contribution is -2.42. The van der Waals surface area contributed by atoms with Crippen molar-refractivity contribution in [1.29, 1.82) is 0 Å². The molecule has 1 aliphatic rings. The molecule has 0 aromatic heterocycles. The number of methoxy groups -OCH3 is 1. The summed E-state index contributed by atoms with van der Waals surface area (Å²) in [5, 5.41) is 13.4. The lowest BCUT2D eigenvalue weighted by atomic mass is 9.92. The number of aliphatic hydroxyl groups excluding tert-OH is 1. The van der Waals surface area contributed by atoms with Gasteiger partial charge in [0.25, 0.3) is 0 Å². The van der Waals surface area contributed by atoms with E-state index in [9.17, 15) is 9.90 Å². The summed E-state index contributed by atoms with van der Waals surface area (Å²) in [7, 11) is 1.66. The Balaban J connectivity index is 1.44. The molecular formula is C28H31NO4. The predicted molar refractivity (Wildman–Crippen MR) is 128 cm³/mol. The Bertz CT molecular complexity index is 1070. The average Bonchev–Trinajstić information content (AvgIpc) is 2.84. The Kier molecular flexibility index (Phi) is 7.43. The number of ether oxygens (including phenoxy) is 2. The number of aryl methyl sites for hydroxylation is 1. The molecule has 1 aliphatic heterocycles. The molecule has 1 fully saturated rings. The monoisotopic (exact) mass is 445 g/mol. The summed E-state index contributed by atoms with van der Waals surface area (Å²) in [6.45, 7) is 2.54. The van der Waals surface area contributed by atoms with Crippen LogP contribution in [-0.4, -0.2) is 30.3 Å². The summed E-state index contributed by atoms with van der Waals surface area (Å²) in [5.74, 6) is 0.651. The van der Waals surface area contributed by atoms with Crippen LogP contribution in [-0.2, 0) is 22.5 Å². The maximum Gasteiger partial charge on any atom is 0.249 e. The van der Waals surface area contributed by atoms with Crippen molar-refractivity contribution >= 4 is 5.91 Å². The van der Waals surface area contributed by atoms with Crippen molar-refractivity contribution in [2.75, 3.05) is 7.11 Å². The van der Waals surface area contributed by atoms with Gasteiger partial charge in [-0.3, -0.25) is 4.79 Å². The number of aliphatic hydroxyl groups is 1. The van der Waals surface area contributed by atoms with Gasteiger partial charge in [0.15, 0.2) is 0 Å². The molecule has 0 radical (unpaired) electrons. The van der Waals surface area contributed by atoms with Crippen LogP contribution in [0, 0.1) is 6.92 Å². The van der Waals surface area contributed by atoms with E-state index in [0.717, 1.165) is 23.3 Å². The van der Waals surface area contributed by atoms with Gasteiger partial charge in [-0.15, -0.1) is 0 Å². The predicted octanol–water partition coefficient (Wildman–Crippen LogP) is 4.49. The first-order valence-corrected chi connectivity index (χ1v) is 11.4. The van der Waals surface area contributed by atoms with E-state index in [4.69, 9.17) is 9.47 Å². The topological polar surface area (TPSA) is 67.8 Å². The van der Waals surface area contributed by atoms with Crippen molar-refractivity contribution in [2.45, 2.75) is 51.0 Å². The van der Waals surface area contributed by atoms with Crippen LogP contribution in [0.2, 0.25) is 0 Å². The molecule has 3 aromatic carbocycles. The largest absolute Gasteiger partial charge is 0.497 e. The first-order chi connectivity index (χ1) is 16.0. The van der Waals surface area contributed by atoms with Gasteiger partial charge in [-0.05, 0) is 53.3 Å². The molecular weight excluding hydrogens is 414 g/mol. The van der Waals surface area contributed by atoms with Gasteiger partial charge in [0.05, 0.1) is 19.3 Å². The van der Waals surface area contributed by atoms with Crippen LogP contribution in [0.5, 0.6) is 5.75 Å². The number of carbonyl (C=O) groups excluding carboxylic acids is 1. The molecule has 1 amide bonds. The number of benzene rings is 3. The fraction of sp³-hybridized carbons (Fsp3) is 0.321. The zero-order valence-corrected chi connectivity index (χ0v) is 19.2. The molecule has 1 saturated heterocycles. The molecule has 4 rings (SSSR count). The molecule has 172 valence electrons. The standard InChI is InChI=1S/C28H31NO4/c1-19-8-11-22(15-23(19)14-20-9-12-25(32-2)13-10-20)26-16-24(30)17-27(33-26)28(31)29-18-21-6-4-3-5-7-21/h3-13,15,24,26-27,30H,14,16-18H2,1-2H3,(H,29,31). The quantitative estimate of drug-likeness (QED) is 0.562. The van der Waals surface area contributed by atoms with Crippen molar-refractivity contribution in [3.05, 3.63) is 101 Å². The van der Waals surface area contributed by atoms with Crippen LogP contribution < -0.4 is 10.1 Å². The first-order valence-electron chi connectivity index (χ1n) is 11.4. The Morgan fingerprint density at radius 2 is 1.79 bits per heavy atom. The molecule has 0 spiro atoms. The van der Waals surface area contributed by atoms with Crippen molar-refractivity contribution in [1.82, 2.24) is 5.32 Å². The van der Waals surface area contributed by atoms with Gasteiger partial charge in [0.1, 0.15) is 11.9 Å². The number of amides is 1. The third kappa shape index (κ3) is 6.01. The number of nitrogens with one attached hydrogen (secondary N) is 1. The second kappa shape index (κ2) is 10.6. The Morgan fingerprint density at radius 1 is 1.03 bits per heavy atom. The Hall–Kier alpha value is -3.15. The summed E-state index contributed by atoms with van der Waals surface area (Å²) in [6.07, 6.45) is 0.00240. The van der Waals surface area contributed by atoms with Crippen molar-refractivity contribution in [2.24, 2.45) is 0 Å². The third-order valence-corrected chi connectivity index (χ3v) is 6.20. The van der Waals surface area contributed by atoms with E-state index in [2.05, 4.69) is 36.5 Å². The van der Waals surface area contributed by atoms with Gasteiger partial charge < -0.3 is 19.9 Å². The molecule has 3 aromatic rings. The summed E-state index contributed by atoms with van der Waals surface area (Å²) in [4.78, 5) is 12.8. The van der Waals surface area contributed by atoms with Crippen molar-refractivity contribution < 1.29 is 19.4 Å². The number of rotatable bonds is 7. The Morgan fingerprint density at radius 3 is 2.52 bits per heavy atom. The maximum absolute atomic E-state index is 12.8. The van der Waals surface area contributed by atoms with Gasteiger partial charge in [-0.2, -0.15) is 0 Å². The molecule has 1 heterocycles. The Labute approximate surface area is 195 Å². The van der Waals surface area contributed by atoms with Crippen LogP contribution in [0.25, 0.3) is 0 Å². The van der Waals surface area contributed by atoms with E-state index in [-0.39, 0.29) is 12.0 Å². The smallest absolute Gasteiger partial charge is 0.249 e. The minimum Gasteiger partial charge on any atom is -0.497 e. The fourth-order valence-corrected chi connectivity index (χ4v) is 4.23. The minimum atomic E-state index is -0.672. The fourth-order valence-electron chi connectivity index (χ4n) is 4.23. The van der Waals surface area contributed by atoms with Gasteiger partial charge in [-0.1, -0.05) is 60.7 Å². The molecule has 3 atom stereocenters. The van der Waals surface area contributed by atoms with Crippen molar-refractivity contribution in [3.8, 4) is 5.75 Å².